The molecule has 0 saturated heterocycles. The van der Waals surface area contributed by atoms with Crippen LogP contribution in [0.1, 0.15) is 37.9 Å². The van der Waals surface area contributed by atoms with Gasteiger partial charge in [0.1, 0.15) is 5.69 Å². The van der Waals surface area contributed by atoms with E-state index in [1.165, 1.54) is 22.8 Å². The number of imidazole rings is 1. The minimum absolute atomic E-state index is 0.174. The summed E-state index contributed by atoms with van der Waals surface area (Å²) in [5, 5.41) is 2.12. The van der Waals surface area contributed by atoms with E-state index in [0.29, 0.717) is 5.71 Å². The number of rotatable bonds is 3. The summed E-state index contributed by atoms with van der Waals surface area (Å²) in [7, 11) is 0. The van der Waals surface area contributed by atoms with Gasteiger partial charge in [-0.05, 0) is 58.0 Å². The summed E-state index contributed by atoms with van der Waals surface area (Å²) in [6.07, 6.45) is 1.79. The first-order valence-electron chi connectivity index (χ1n) is 12.4. The summed E-state index contributed by atoms with van der Waals surface area (Å²) in [4.78, 5) is 4.51. The highest BCUT2D eigenvalue weighted by molar-refractivity contribution is 6.06. The van der Waals surface area contributed by atoms with Crippen LogP contribution in [0.15, 0.2) is 95.5 Å². The van der Waals surface area contributed by atoms with E-state index < -0.39 is 0 Å². The first kappa shape index (κ1) is 22.3. The predicted octanol–water partition coefficient (Wildman–Crippen LogP) is 7.63. The van der Waals surface area contributed by atoms with Crippen LogP contribution >= 0.6 is 0 Å². The van der Waals surface area contributed by atoms with Crippen LogP contribution in [0.2, 0.25) is 0 Å². The summed E-state index contributed by atoms with van der Waals surface area (Å²) in [5.74, 6) is 1.19. The van der Waals surface area contributed by atoms with Gasteiger partial charge in [-0.3, -0.25) is 0 Å². The Labute approximate surface area is 211 Å². The van der Waals surface area contributed by atoms with Crippen molar-refractivity contribution in [3.8, 4) is 22.6 Å². The molecular weight excluding hydrogens is 442 g/mol. The maximum absolute atomic E-state index is 6.46. The van der Waals surface area contributed by atoms with Crippen molar-refractivity contribution in [3.05, 3.63) is 108 Å². The largest absolute Gasteiger partial charge is 0.433 e. The second kappa shape index (κ2) is 8.20. The molecule has 36 heavy (non-hydrogen) atoms. The van der Waals surface area contributed by atoms with Gasteiger partial charge in [-0.15, -0.1) is 0 Å². The standard InChI is InChI=1S/C32H30N3O/c1-21-18-19-25-26-17-12-20-33-30(26)36-29(25)27(21)34-22(2)28(23-13-8-6-9-14-23)35(31(34)32(3,4)5)24-15-10-7-11-16-24/h6-20H,1-5H3/q+1. The molecule has 0 N–H and O–H groups in total. The number of pyridine rings is 1. The zero-order chi connectivity index (χ0) is 25.0. The highest BCUT2D eigenvalue weighted by atomic mass is 16.3. The zero-order valence-corrected chi connectivity index (χ0v) is 21.4. The third kappa shape index (κ3) is 3.36. The molecule has 0 spiro atoms. The molecule has 4 heteroatoms. The van der Waals surface area contributed by atoms with Crippen molar-refractivity contribution < 1.29 is 8.98 Å². The molecule has 6 rings (SSSR count). The molecule has 6 aromatic rings. The van der Waals surface area contributed by atoms with Crippen molar-refractivity contribution in [1.29, 1.82) is 0 Å². The number of aromatic nitrogens is 3. The number of fused-ring (bicyclic) bond motifs is 3. The Morgan fingerprint density at radius 1 is 0.778 bits per heavy atom. The fraction of sp³-hybridized carbons (Fsp3) is 0.188. The fourth-order valence-electron chi connectivity index (χ4n) is 5.38. The van der Waals surface area contributed by atoms with E-state index in [1.807, 2.05) is 6.07 Å². The molecule has 0 aliphatic rings. The lowest BCUT2D eigenvalue weighted by Crippen LogP contribution is -2.43. The highest BCUT2D eigenvalue weighted by Crippen LogP contribution is 2.37. The smallest absolute Gasteiger partial charge is 0.273 e. The molecule has 0 bridgehead atoms. The average molecular weight is 473 g/mol. The first-order valence-corrected chi connectivity index (χ1v) is 12.4. The predicted molar refractivity (Wildman–Crippen MR) is 146 cm³/mol. The molecule has 0 aliphatic carbocycles. The lowest BCUT2D eigenvalue weighted by atomic mass is 9.94. The molecule has 0 fully saturated rings. The van der Waals surface area contributed by atoms with Crippen LogP contribution in [0.3, 0.4) is 0 Å². The summed E-state index contributed by atoms with van der Waals surface area (Å²) >= 11 is 0. The number of furan rings is 1. The van der Waals surface area contributed by atoms with Crippen molar-refractivity contribution in [3.63, 3.8) is 0 Å². The zero-order valence-electron chi connectivity index (χ0n) is 21.4. The molecule has 0 unspecified atom stereocenters. The van der Waals surface area contributed by atoms with Gasteiger partial charge in [0, 0.05) is 35.0 Å². The van der Waals surface area contributed by atoms with Crippen LogP contribution in [0.25, 0.3) is 44.7 Å². The van der Waals surface area contributed by atoms with E-state index in [2.05, 4.69) is 128 Å². The van der Waals surface area contributed by atoms with Crippen molar-refractivity contribution in [2.24, 2.45) is 0 Å². The van der Waals surface area contributed by atoms with Crippen LogP contribution in [-0.2, 0) is 5.41 Å². The van der Waals surface area contributed by atoms with E-state index in [1.54, 1.807) is 6.20 Å². The second-order valence-corrected chi connectivity index (χ2v) is 10.4. The minimum Gasteiger partial charge on any atom is -0.433 e. The lowest BCUT2D eigenvalue weighted by Gasteiger charge is -2.18. The summed E-state index contributed by atoms with van der Waals surface area (Å²) in [5.41, 5.74) is 8.25. The van der Waals surface area contributed by atoms with Gasteiger partial charge in [0.25, 0.3) is 5.82 Å². The van der Waals surface area contributed by atoms with E-state index in [-0.39, 0.29) is 5.41 Å². The average Bonchev–Trinajstić information content (AvgIpc) is 3.40. The molecule has 3 aromatic heterocycles. The third-order valence-electron chi connectivity index (χ3n) is 6.87. The van der Waals surface area contributed by atoms with Crippen LogP contribution in [0.5, 0.6) is 0 Å². The van der Waals surface area contributed by atoms with Gasteiger partial charge in [-0.25, -0.2) is 4.98 Å². The molecule has 178 valence electrons. The van der Waals surface area contributed by atoms with E-state index in [4.69, 9.17) is 4.42 Å². The maximum atomic E-state index is 6.46. The molecule has 4 nitrogen and oxygen atoms in total. The van der Waals surface area contributed by atoms with Crippen LogP contribution in [0, 0.1) is 13.8 Å². The van der Waals surface area contributed by atoms with E-state index >= 15 is 0 Å². The van der Waals surface area contributed by atoms with Crippen molar-refractivity contribution in [1.82, 2.24) is 9.55 Å². The second-order valence-electron chi connectivity index (χ2n) is 10.4. The number of benzene rings is 3. The summed E-state index contributed by atoms with van der Waals surface area (Å²) in [6, 6.07) is 29.7. The van der Waals surface area contributed by atoms with Gasteiger partial charge in [0.05, 0.1) is 5.41 Å². The topological polar surface area (TPSA) is 34.8 Å². The molecule has 0 aliphatic heterocycles. The molecule has 0 radical (unpaired) electrons. The number of hydrogen-bond donors (Lipinski definition) is 0. The Kier molecular flexibility index (Phi) is 5.08. The Morgan fingerprint density at radius 2 is 1.47 bits per heavy atom. The van der Waals surface area contributed by atoms with E-state index in [0.717, 1.165) is 33.3 Å². The SMILES string of the molecule is Cc1ccc2c(oc3ncccc32)c1-[n+]1c(C)c(-c2ccccc2)n(-c2ccccc2)c1C(C)(C)C. The Morgan fingerprint density at radius 3 is 2.17 bits per heavy atom. The van der Waals surface area contributed by atoms with Gasteiger partial charge in [-0.2, -0.15) is 9.13 Å². The molecule has 3 heterocycles. The summed E-state index contributed by atoms with van der Waals surface area (Å²) < 4.78 is 11.3. The molecule has 3 aromatic carbocycles. The molecular formula is C32H30N3O+. The first-order chi connectivity index (χ1) is 17.4. The lowest BCUT2D eigenvalue weighted by molar-refractivity contribution is -0.613. The summed E-state index contributed by atoms with van der Waals surface area (Å²) in [6.45, 7) is 11.2. The van der Waals surface area contributed by atoms with E-state index in [9.17, 15) is 0 Å². The molecule has 0 amide bonds. The number of para-hydroxylation sites is 1. The maximum Gasteiger partial charge on any atom is 0.273 e. The Balaban J connectivity index is 1.82. The molecule has 0 atom stereocenters. The fourth-order valence-corrected chi connectivity index (χ4v) is 5.38. The van der Waals surface area contributed by atoms with Crippen LogP contribution in [0.4, 0.5) is 0 Å². The Bertz CT molecular complexity index is 1720. The normalized spacial score (nSPS) is 12.0. The van der Waals surface area contributed by atoms with Crippen LogP contribution in [-0.4, -0.2) is 9.55 Å². The van der Waals surface area contributed by atoms with Crippen molar-refractivity contribution >= 4 is 22.1 Å². The number of aryl methyl sites for hydroxylation is 1. The monoisotopic (exact) mass is 472 g/mol. The van der Waals surface area contributed by atoms with Gasteiger partial charge in [-0.1, -0.05) is 54.6 Å². The van der Waals surface area contributed by atoms with Gasteiger partial charge < -0.3 is 4.42 Å². The third-order valence-corrected chi connectivity index (χ3v) is 6.87. The Hall–Kier alpha value is -4.18. The quantitative estimate of drug-likeness (QED) is 0.248. The van der Waals surface area contributed by atoms with Gasteiger partial charge >= 0.3 is 0 Å². The molecule has 0 saturated carbocycles. The number of nitrogens with zero attached hydrogens (tertiary/aromatic N) is 3. The van der Waals surface area contributed by atoms with Crippen molar-refractivity contribution in [2.45, 2.75) is 40.0 Å². The van der Waals surface area contributed by atoms with Crippen molar-refractivity contribution in [2.75, 3.05) is 0 Å². The van der Waals surface area contributed by atoms with Gasteiger partial charge in [0.15, 0.2) is 22.7 Å². The highest BCUT2D eigenvalue weighted by Gasteiger charge is 2.40. The minimum atomic E-state index is -0.174. The van der Waals surface area contributed by atoms with Gasteiger partial charge in [0.2, 0.25) is 5.71 Å². The van der Waals surface area contributed by atoms with Crippen LogP contribution < -0.4 is 4.57 Å². The number of hydrogen-bond acceptors (Lipinski definition) is 2.